The molecule has 0 unspecified atom stereocenters. The Morgan fingerprint density at radius 1 is 1.41 bits per heavy atom. The fourth-order valence-electron chi connectivity index (χ4n) is 3.46. The number of nitrogens with zero attached hydrogens (tertiary/aromatic N) is 3. The van der Waals surface area contributed by atoms with E-state index in [1.165, 1.54) is 0 Å². The molecule has 1 aliphatic rings. The van der Waals surface area contributed by atoms with E-state index in [1.54, 1.807) is 17.2 Å². The minimum Gasteiger partial charge on any atom is -0.472 e. The lowest BCUT2D eigenvalue weighted by Gasteiger charge is -2.37. The van der Waals surface area contributed by atoms with E-state index in [0.717, 1.165) is 32.4 Å². The lowest BCUT2D eigenvalue weighted by atomic mass is 10.00. The molecule has 6 nitrogen and oxygen atoms in total. The predicted molar refractivity (Wildman–Crippen MR) is 115 cm³/mol. The standard InChI is InChI=1S/C23H35N3O3/c1-6-8-9-10-19-12-20-22(24-13-19)29-21(15-25(5)11-7-2)17(3)14-26(23(20)28)18(4)16-27/h12-13,17-18,21,27H,6-8,11,14-16H2,1-5H3/t17-,18-,21+/m0/s1. The topological polar surface area (TPSA) is 65.9 Å². The zero-order valence-corrected chi connectivity index (χ0v) is 18.4. The van der Waals surface area contributed by atoms with Gasteiger partial charge in [-0.15, -0.1) is 0 Å². The summed E-state index contributed by atoms with van der Waals surface area (Å²) >= 11 is 0. The maximum Gasteiger partial charge on any atom is 0.259 e. The van der Waals surface area contributed by atoms with E-state index in [-0.39, 0.29) is 30.6 Å². The number of hydrogen-bond acceptors (Lipinski definition) is 5. The van der Waals surface area contributed by atoms with Crippen LogP contribution in [0.15, 0.2) is 12.3 Å². The second kappa shape index (κ2) is 11.2. The zero-order valence-electron chi connectivity index (χ0n) is 18.4. The molecule has 1 N–H and O–H groups in total. The Morgan fingerprint density at radius 3 is 2.83 bits per heavy atom. The molecule has 1 amide bonds. The van der Waals surface area contributed by atoms with Gasteiger partial charge in [0.25, 0.3) is 5.91 Å². The van der Waals surface area contributed by atoms with Gasteiger partial charge in [-0.05, 0) is 39.4 Å². The average molecular weight is 402 g/mol. The Hall–Kier alpha value is -2.10. The van der Waals surface area contributed by atoms with E-state index in [9.17, 15) is 9.90 Å². The number of aromatic nitrogens is 1. The Bertz CT molecular complexity index is 741. The van der Waals surface area contributed by atoms with Gasteiger partial charge < -0.3 is 19.6 Å². The second-order valence-corrected chi connectivity index (χ2v) is 8.01. The fourth-order valence-corrected chi connectivity index (χ4v) is 3.46. The molecule has 0 saturated carbocycles. The van der Waals surface area contributed by atoms with Crippen molar-refractivity contribution in [2.24, 2.45) is 5.92 Å². The zero-order chi connectivity index (χ0) is 21.4. The number of hydrogen-bond donors (Lipinski definition) is 1. The first kappa shape index (κ1) is 23.2. The van der Waals surface area contributed by atoms with Crippen LogP contribution in [-0.2, 0) is 0 Å². The normalized spacial score (nSPS) is 20.2. The number of ether oxygens (including phenoxy) is 1. The van der Waals surface area contributed by atoms with Crippen LogP contribution in [0.4, 0.5) is 0 Å². The number of carbonyl (C=O) groups is 1. The summed E-state index contributed by atoms with van der Waals surface area (Å²) in [6.07, 6.45) is 4.43. The van der Waals surface area contributed by atoms with Gasteiger partial charge in [-0.25, -0.2) is 4.98 Å². The largest absolute Gasteiger partial charge is 0.472 e. The second-order valence-electron chi connectivity index (χ2n) is 8.01. The third-order valence-corrected chi connectivity index (χ3v) is 5.23. The highest BCUT2D eigenvalue weighted by atomic mass is 16.5. The minimum atomic E-state index is -0.278. The number of unbranched alkanes of at least 4 members (excludes halogenated alkanes) is 1. The quantitative estimate of drug-likeness (QED) is 0.712. The summed E-state index contributed by atoms with van der Waals surface area (Å²) < 4.78 is 6.27. The summed E-state index contributed by atoms with van der Waals surface area (Å²) in [7, 11) is 2.08. The molecule has 1 aliphatic heterocycles. The van der Waals surface area contributed by atoms with Crippen LogP contribution < -0.4 is 4.74 Å². The molecule has 0 aliphatic carbocycles. The van der Waals surface area contributed by atoms with Crippen molar-refractivity contribution >= 4 is 5.91 Å². The molecular formula is C23H35N3O3. The molecule has 0 spiro atoms. The van der Waals surface area contributed by atoms with Crippen molar-refractivity contribution in [1.29, 1.82) is 0 Å². The first-order chi connectivity index (χ1) is 13.9. The number of amides is 1. The van der Waals surface area contributed by atoms with E-state index < -0.39 is 0 Å². The first-order valence-corrected chi connectivity index (χ1v) is 10.7. The van der Waals surface area contributed by atoms with Gasteiger partial charge in [-0.1, -0.05) is 32.6 Å². The Balaban J connectivity index is 2.42. The molecule has 3 atom stereocenters. The molecule has 6 heteroatoms. The van der Waals surface area contributed by atoms with Crippen molar-refractivity contribution in [3.8, 4) is 17.7 Å². The van der Waals surface area contributed by atoms with E-state index in [4.69, 9.17) is 4.74 Å². The van der Waals surface area contributed by atoms with Crippen LogP contribution >= 0.6 is 0 Å². The molecule has 160 valence electrons. The highest BCUT2D eigenvalue weighted by Crippen LogP contribution is 2.27. The molecule has 0 saturated heterocycles. The number of rotatable bonds is 7. The third-order valence-electron chi connectivity index (χ3n) is 5.23. The summed E-state index contributed by atoms with van der Waals surface area (Å²) in [5.41, 5.74) is 1.13. The monoisotopic (exact) mass is 401 g/mol. The van der Waals surface area contributed by atoms with Gasteiger partial charge in [0.05, 0.1) is 12.6 Å². The Morgan fingerprint density at radius 2 is 2.17 bits per heavy atom. The van der Waals surface area contributed by atoms with Crippen LogP contribution in [0.25, 0.3) is 0 Å². The van der Waals surface area contributed by atoms with Gasteiger partial charge in [-0.2, -0.15) is 0 Å². The minimum absolute atomic E-state index is 0.0848. The van der Waals surface area contributed by atoms with Gasteiger partial charge in [-0.3, -0.25) is 4.79 Å². The molecule has 1 aromatic heterocycles. The van der Waals surface area contributed by atoms with Gasteiger partial charge in [0, 0.05) is 37.2 Å². The van der Waals surface area contributed by atoms with Crippen molar-refractivity contribution in [1.82, 2.24) is 14.8 Å². The number of fused-ring (bicyclic) bond motifs is 1. The molecular weight excluding hydrogens is 366 g/mol. The van der Waals surface area contributed by atoms with E-state index in [1.807, 2.05) is 6.92 Å². The number of pyridine rings is 1. The first-order valence-electron chi connectivity index (χ1n) is 10.7. The van der Waals surface area contributed by atoms with Crippen molar-refractivity contribution in [3.63, 3.8) is 0 Å². The Labute approximate surface area is 175 Å². The average Bonchev–Trinajstić information content (AvgIpc) is 2.70. The maximum atomic E-state index is 13.3. The van der Waals surface area contributed by atoms with Gasteiger partial charge in [0.2, 0.25) is 5.88 Å². The molecule has 0 aromatic carbocycles. The molecule has 0 bridgehead atoms. The van der Waals surface area contributed by atoms with Crippen LogP contribution in [0.2, 0.25) is 0 Å². The highest BCUT2D eigenvalue weighted by Gasteiger charge is 2.34. The fraction of sp³-hybridized carbons (Fsp3) is 0.652. The third kappa shape index (κ3) is 6.19. The molecule has 2 rings (SSSR count). The summed E-state index contributed by atoms with van der Waals surface area (Å²) in [5.74, 6) is 6.47. The smallest absolute Gasteiger partial charge is 0.259 e. The van der Waals surface area contributed by atoms with E-state index in [2.05, 4.69) is 49.5 Å². The molecule has 1 aromatic rings. The lowest BCUT2D eigenvalue weighted by molar-refractivity contribution is 0.0331. The number of carbonyl (C=O) groups excluding carboxylic acids is 1. The van der Waals surface area contributed by atoms with Gasteiger partial charge in [0.15, 0.2) is 0 Å². The summed E-state index contributed by atoms with van der Waals surface area (Å²) in [4.78, 5) is 21.7. The van der Waals surface area contributed by atoms with Crippen LogP contribution in [0.1, 0.15) is 62.9 Å². The van der Waals surface area contributed by atoms with Crippen LogP contribution in [-0.4, -0.2) is 71.2 Å². The predicted octanol–water partition coefficient (Wildman–Crippen LogP) is 2.80. The molecule has 2 heterocycles. The van der Waals surface area contributed by atoms with Crippen molar-refractivity contribution < 1.29 is 14.6 Å². The maximum absolute atomic E-state index is 13.3. The van der Waals surface area contributed by atoms with Gasteiger partial charge in [0.1, 0.15) is 11.7 Å². The highest BCUT2D eigenvalue weighted by molar-refractivity contribution is 5.97. The van der Waals surface area contributed by atoms with Crippen molar-refractivity contribution in [2.75, 3.05) is 33.3 Å². The van der Waals surface area contributed by atoms with Crippen molar-refractivity contribution in [3.05, 3.63) is 23.4 Å². The number of likely N-dealkylation sites (N-methyl/N-ethyl adjacent to an activating group) is 1. The number of aliphatic hydroxyl groups is 1. The van der Waals surface area contributed by atoms with Crippen LogP contribution in [0.5, 0.6) is 5.88 Å². The summed E-state index contributed by atoms with van der Waals surface area (Å²) in [6, 6.07) is 1.49. The van der Waals surface area contributed by atoms with Crippen molar-refractivity contribution in [2.45, 2.75) is 59.1 Å². The summed E-state index contributed by atoms with van der Waals surface area (Å²) in [5, 5.41) is 9.71. The Kier molecular flexibility index (Phi) is 8.94. The SMILES string of the molecule is CCCC#Cc1cnc2c(c1)C(=O)N([C@@H](C)CO)C[C@H](C)[C@@H](CN(C)CCC)O2. The number of aliphatic hydroxyl groups excluding tert-OH is 1. The van der Waals surface area contributed by atoms with Crippen LogP contribution in [0.3, 0.4) is 0 Å². The molecule has 0 fully saturated rings. The van der Waals surface area contributed by atoms with Crippen LogP contribution in [0, 0.1) is 17.8 Å². The van der Waals surface area contributed by atoms with E-state index >= 15 is 0 Å². The molecule has 29 heavy (non-hydrogen) atoms. The van der Waals surface area contributed by atoms with Gasteiger partial charge >= 0.3 is 0 Å². The summed E-state index contributed by atoms with van der Waals surface area (Å²) in [6.45, 7) is 10.4. The van der Waals surface area contributed by atoms with E-state index in [0.29, 0.717) is 23.6 Å². The lowest BCUT2D eigenvalue weighted by Crippen LogP contribution is -2.50. The molecule has 0 radical (unpaired) electrons.